The molecule has 1 heterocycles. The molecule has 0 aromatic heterocycles. The van der Waals surface area contributed by atoms with Gasteiger partial charge < -0.3 is 10.1 Å². The van der Waals surface area contributed by atoms with Gasteiger partial charge >= 0.3 is 0 Å². The molecule has 1 aromatic carbocycles. The zero-order valence-corrected chi connectivity index (χ0v) is 9.40. The van der Waals surface area contributed by atoms with Crippen molar-refractivity contribution < 1.29 is 4.74 Å². The minimum atomic E-state index is 0.397. The average Bonchev–Trinajstić information content (AvgIpc) is 2.54. The van der Waals surface area contributed by atoms with Crippen LogP contribution >= 0.6 is 11.6 Å². The summed E-state index contributed by atoms with van der Waals surface area (Å²) >= 11 is 6.23. The van der Waals surface area contributed by atoms with Gasteiger partial charge in [-0.1, -0.05) is 11.6 Å². The molecule has 0 saturated carbocycles. The van der Waals surface area contributed by atoms with Crippen LogP contribution in [0.15, 0.2) is 6.07 Å². The maximum atomic E-state index is 6.23. The highest BCUT2D eigenvalue weighted by atomic mass is 35.5. The van der Waals surface area contributed by atoms with Crippen LogP contribution in [0.4, 0.5) is 0 Å². The molecule has 0 saturated heterocycles. The predicted octanol–water partition coefficient (Wildman–Crippen LogP) is 2.82. The minimum absolute atomic E-state index is 0.397. The van der Waals surface area contributed by atoms with Crippen LogP contribution in [0.2, 0.25) is 5.02 Å². The first kappa shape index (κ1) is 9.81. The number of hydrogen-bond acceptors (Lipinski definition) is 2. The molecule has 1 atom stereocenters. The molecule has 1 N–H and O–H groups in total. The van der Waals surface area contributed by atoms with Crippen molar-refractivity contribution in [2.45, 2.75) is 26.4 Å². The van der Waals surface area contributed by atoms with Crippen molar-refractivity contribution in [3.05, 3.63) is 27.8 Å². The SMILES string of the molecule is COc1cc(C)c2c(c1Cl)CNC2C. The van der Waals surface area contributed by atoms with Gasteiger partial charge in [0.1, 0.15) is 5.75 Å². The number of rotatable bonds is 1. The number of hydrogen-bond donors (Lipinski definition) is 1. The van der Waals surface area contributed by atoms with Gasteiger partial charge in [0, 0.05) is 12.6 Å². The first-order chi connectivity index (χ1) is 6.65. The number of methoxy groups -OCH3 is 1. The average molecular weight is 212 g/mol. The smallest absolute Gasteiger partial charge is 0.138 e. The maximum Gasteiger partial charge on any atom is 0.138 e. The number of halogens is 1. The molecule has 0 bridgehead atoms. The van der Waals surface area contributed by atoms with Crippen LogP contribution in [0.5, 0.6) is 5.75 Å². The van der Waals surface area contributed by atoms with E-state index in [1.54, 1.807) is 7.11 Å². The van der Waals surface area contributed by atoms with E-state index in [1.165, 1.54) is 16.7 Å². The van der Waals surface area contributed by atoms with E-state index in [0.717, 1.165) is 17.3 Å². The van der Waals surface area contributed by atoms with Crippen molar-refractivity contribution in [1.82, 2.24) is 5.32 Å². The van der Waals surface area contributed by atoms with Crippen LogP contribution in [-0.4, -0.2) is 7.11 Å². The van der Waals surface area contributed by atoms with E-state index in [-0.39, 0.29) is 0 Å². The summed E-state index contributed by atoms with van der Waals surface area (Å²) in [5.41, 5.74) is 3.77. The van der Waals surface area contributed by atoms with Gasteiger partial charge in [0.05, 0.1) is 12.1 Å². The molecule has 2 rings (SSSR count). The van der Waals surface area contributed by atoms with Crippen molar-refractivity contribution >= 4 is 11.6 Å². The van der Waals surface area contributed by atoms with Gasteiger partial charge in [-0.25, -0.2) is 0 Å². The lowest BCUT2D eigenvalue weighted by atomic mass is 9.99. The zero-order valence-electron chi connectivity index (χ0n) is 8.65. The van der Waals surface area contributed by atoms with Crippen LogP contribution in [0.25, 0.3) is 0 Å². The second-order valence-electron chi connectivity index (χ2n) is 3.70. The molecule has 14 heavy (non-hydrogen) atoms. The molecular weight excluding hydrogens is 198 g/mol. The quantitative estimate of drug-likeness (QED) is 0.772. The Morgan fingerprint density at radius 2 is 2.29 bits per heavy atom. The van der Waals surface area contributed by atoms with Crippen molar-refractivity contribution in [3.8, 4) is 5.75 Å². The minimum Gasteiger partial charge on any atom is -0.495 e. The summed E-state index contributed by atoms with van der Waals surface area (Å²) in [5.74, 6) is 0.777. The Balaban J connectivity index is 2.64. The van der Waals surface area contributed by atoms with Crippen molar-refractivity contribution in [2.75, 3.05) is 7.11 Å². The summed E-state index contributed by atoms with van der Waals surface area (Å²) in [4.78, 5) is 0. The van der Waals surface area contributed by atoms with Crippen LogP contribution in [-0.2, 0) is 6.54 Å². The second-order valence-corrected chi connectivity index (χ2v) is 4.08. The second kappa shape index (κ2) is 3.44. The normalized spacial score (nSPS) is 19.6. The standard InChI is InChI=1S/C11H14ClNO/c1-6-4-9(14-3)11(12)8-5-13-7(2)10(6)8/h4,7,13H,5H2,1-3H3. The summed E-state index contributed by atoms with van der Waals surface area (Å²) in [5, 5.41) is 4.13. The van der Waals surface area contributed by atoms with Gasteiger partial charge in [-0.3, -0.25) is 0 Å². The fourth-order valence-electron chi connectivity index (χ4n) is 2.12. The van der Waals surface area contributed by atoms with Gasteiger partial charge in [0.15, 0.2) is 0 Å². The molecule has 1 aromatic rings. The fourth-order valence-corrected chi connectivity index (χ4v) is 2.42. The maximum absolute atomic E-state index is 6.23. The first-order valence-electron chi connectivity index (χ1n) is 4.74. The van der Waals surface area contributed by atoms with E-state index < -0.39 is 0 Å². The molecule has 3 heteroatoms. The Morgan fingerprint density at radius 3 is 2.93 bits per heavy atom. The third kappa shape index (κ3) is 1.30. The lowest BCUT2D eigenvalue weighted by Crippen LogP contribution is -2.07. The number of fused-ring (bicyclic) bond motifs is 1. The topological polar surface area (TPSA) is 21.3 Å². The fraction of sp³-hybridized carbons (Fsp3) is 0.455. The summed E-state index contributed by atoms with van der Waals surface area (Å²) in [7, 11) is 1.65. The van der Waals surface area contributed by atoms with E-state index in [0.29, 0.717) is 6.04 Å². The molecular formula is C11H14ClNO. The largest absolute Gasteiger partial charge is 0.495 e. The van der Waals surface area contributed by atoms with E-state index in [9.17, 15) is 0 Å². The van der Waals surface area contributed by atoms with Gasteiger partial charge in [-0.05, 0) is 36.6 Å². The third-order valence-corrected chi connectivity index (χ3v) is 3.23. The third-order valence-electron chi connectivity index (χ3n) is 2.82. The van der Waals surface area contributed by atoms with Gasteiger partial charge in [-0.15, -0.1) is 0 Å². The van der Waals surface area contributed by atoms with E-state index in [2.05, 4.69) is 19.2 Å². The molecule has 0 aliphatic carbocycles. The monoisotopic (exact) mass is 211 g/mol. The van der Waals surface area contributed by atoms with E-state index in [4.69, 9.17) is 16.3 Å². The molecule has 1 unspecified atom stereocenters. The van der Waals surface area contributed by atoms with Crippen molar-refractivity contribution in [1.29, 1.82) is 0 Å². The number of benzene rings is 1. The van der Waals surface area contributed by atoms with Gasteiger partial charge in [0.25, 0.3) is 0 Å². The summed E-state index contributed by atoms with van der Waals surface area (Å²) in [6.45, 7) is 5.09. The van der Waals surface area contributed by atoms with Gasteiger partial charge in [-0.2, -0.15) is 0 Å². The first-order valence-corrected chi connectivity index (χ1v) is 5.12. The molecule has 76 valence electrons. The number of nitrogens with one attached hydrogen (secondary N) is 1. The molecule has 0 amide bonds. The molecule has 0 spiro atoms. The highest BCUT2D eigenvalue weighted by Crippen LogP contribution is 2.39. The predicted molar refractivity (Wildman–Crippen MR) is 58.0 cm³/mol. The molecule has 2 nitrogen and oxygen atoms in total. The Kier molecular flexibility index (Phi) is 2.41. The van der Waals surface area contributed by atoms with E-state index in [1.807, 2.05) is 6.07 Å². The zero-order chi connectivity index (χ0) is 10.3. The summed E-state index contributed by atoms with van der Waals surface area (Å²) in [6, 6.07) is 2.40. The van der Waals surface area contributed by atoms with Crippen molar-refractivity contribution in [2.24, 2.45) is 0 Å². The summed E-state index contributed by atoms with van der Waals surface area (Å²) < 4.78 is 5.23. The van der Waals surface area contributed by atoms with Crippen molar-refractivity contribution in [3.63, 3.8) is 0 Å². The van der Waals surface area contributed by atoms with Crippen LogP contribution < -0.4 is 10.1 Å². The van der Waals surface area contributed by atoms with E-state index >= 15 is 0 Å². The lowest BCUT2D eigenvalue weighted by molar-refractivity contribution is 0.414. The Labute approximate surface area is 89.2 Å². The highest BCUT2D eigenvalue weighted by Gasteiger charge is 2.24. The van der Waals surface area contributed by atoms with Crippen LogP contribution in [0.3, 0.4) is 0 Å². The van der Waals surface area contributed by atoms with Crippen LogP contribution in [0, 0.1) is 6.92 Å². The number of ether oxygens (including phenoxy) is 1. The van der Waals surface area contributed by atoms with Gasteiger partial charge in [0.2, 0.25) is 0 Å². The Morgan fingerprint density at radius 1 is 1.57 bits per heavy atom. The molecule has 0 radical (unpaired) electrons. The number of aryl methyl sites for hydroxylation is 1. The highest BCUT2D eigenvalue weighted by molar-refractivity contribution is 6.33. The Bertz CT molecular complexity index is 376. The van der Waals surface area contributed by atoms with Crippen LogP contribution in [0.1, 0.15) is 29.7 Å². The summed E-state index contributed by atoms with van der Waals surface area (Å²) in [6.07, 6.45) is 0. The molecule has 0 fully saturated rings. The molecule has 1 aliphatic rings. The molecule has 1 aliphatic heterocycles. The lowest BCUT2D eigenvalue weighted by Gasteiger charge is -2.12. The Hall–Kier alpha value is -0.730.